The number of ether oxygens (including phenoxy) is 1. The van der Waals surface area contributed by atoms with E-state index in [1.54, 1.807) is 24.4 Å². The molecule has 1 N–H and O–H groups in total. The zero-order chi connectivity index (χ0) is 11.4. The summed E-state index contributed by atoms with van der Waals surface area (Å²) in [6.45, 7) is 0.133. The molecule has 2 rings (SSSR count). The normalized spacial score (nSPS) is 10.4. The van der Waals surface area contributed by atoms with Crippen LogP contribution in [0.4, 0.5) is 4.39 Å². The third-order valence-corrected chi connectivity index (χ3v) is 2.02. The van der Waals surface area contributed by atoms with E-state index in [4.69, 9.17) is 9.84 Å². The van der Waals surface area contributed by atoms with E-state index in [0.29, 0.717) is 11.4 Å². The third-order valence-electron chi connectivity index (χ3n) is 2.02. The van der Waals surface area contributed by atoms with Crippen molar-refractivity contribution in [2.75, 3.05) is 13.2 Å². The summed E-state index contributed by atoms with van der Waals surface area (Å²) in [6.07, 6.45) is 3.04. The van der Waals surface area contributed by atoms with Gasteiger partial charge in [-0.25, -0.2) is 9.07 Å². The van der Waals surface area contributed by atoms with Gasteiger partial charge < -0.3 is 9.84 Å². The molecule has 1 heterocycles. The molecule has 4 nitrogen and oxygen atoms in total. The summed E-state index contributed by atoms with van der Waals surface area (Å²) in [6, 6.07) is 6.34. The molecule has 0 atom stereocenters. The standard InChI is InChI=1S/C11H11FN2O2/c12-10-3-1-2-4-11(10)14-8-9(7-13-14)16-6-5-15/h1-4,7-8,15H,5-6H2. The molecule has 0 aliphatic heterocycles. The van der Waals surface area contributed by atoms with Crippen molar-refractivity contribution in [3.05, 3.63) is 42.5 Å². The average molecular weight is 222 g/mol. The first-order chi connectivity index (χ1) is 7.81. The summed E-state index contributed by atoms with van der Waals surface area (Å²) in [5.74, 6) is 0.150. The first-order valence-electron chi connectivity index (χ1n) is 4.84. The summed E-state index contributed by atoms with van der Waals surface area (Å²) >= 11 is 0. The van der Waals surface area contributed by atoms with Gasteiger partial charge in [0.25, 0.3) is 0 Å². The van der Waals surface area contributed by atoms with Crippen LogP contribution in [0.5, 0.6) is 5.75 Å². The van der Waals surface area contributed by atoms with Gasteiger partial charge in [0.05, 0.1) is 19.0 Å². The molecule has 0 spiro atoms. The Bertz CT molecular complexity index is 471. The van der Waals surface area contributed by atoms with Crippen LogP contribution in [0.15, 0.2) is 36.7 Å². The Morgan fingerprint density at radius 2 is 2.19 bits per heavy atom. The number of aliphatic hydroxyl groups excluding tert-OH is 1. The van der Waals surface area contributed by atoms with Gasteiger partial charge in [-0.2, -0.15) is 5.10 Å². The zero-order valence-corrected chi connectivity index (χ0v) is 8.51. The molecular formula is C11H11FN2O2. The maximum Gasteiger partial charge on any atom is 0.157 e. The van der Waals surface area contributed by atoms with Crippen molar-refractivity contribution in [1.82, 2.24) is 9.78 Å². The second kappa shape index (κ2) is 4.76. The SMILES string of the molecule is OCCOc1cnn(-c2ccccc2F)c1. The summed E-state index contributed by atoms with van der Waals surface area (Å²) in [7, 11) is 0. The molecular weight excluding hydrogens is 211 g/mol. The van der Waals surface area contributed by atoms with Gasteiger partial charge in [0, 0.05) is 0 Å². The number of aliphatic hydroxyl groups is 1. The number of rotatable bonds is 4. The molecule has 0 saturated carbocycles. The van der Waals surface area contributed by atoms with Crippen LogP contribution in [0.2, 0.25) is 0 Å². The Labute approximate surface area is 91.9 Å². The largest absolute Gasteiger partial charge is 0.488 e. The van der Waals surface area contributed by atoms with Crippen LogP contribution in [0.1, 0.15) is 0 Å². The summed E-state index contributed by atoms with van der Waals surface area (Å²) < 4.78 is 19.9. The van der Waals surface area contributed by atoms with Crippen LogP contribution in [0, 0.1) is 5.82 Å². The van der Waals surface area contributed by atoms with Crippen LogP contribution in [-0.2, 0) is 0 Å². The summed E-state index contributed by atoms with van der Waals surface area (Å²) in [5, 5.41) is 12.6. The van der Waals surface area contributed by atoms with E-state index in [-0.39, 0.29) is 19.0 Å². The average Bonchev–Trinajstić information content (AvgIpc) is 2.75. The van der Waals surface area contributed by atoms with E-state index in [0.717, 1.165) is 0 Å². The van der Waals surface area contributed by atoms with Gasteiger partial charge in [0.1, 0.15) is 18.1 Å². The van der Waals surface area contributed by atoms with Crippen molar-refractivity contribution in [3.63, 3.8) is 0 Å². The van der Waals surface area contributed by atoms with E-state index in [2.05, 4.69) is 5.10 Å². The van der Waals surface area contributed by atoms with Gasteiger partial charge in [0.2, 0.25) is 0 Å². The van der Waals surface area contributed by atoms with Gasteiger partial charge in [0.15, 0.2) is 5.75 Å². The van der Waals surface area contributed by atoms with Crippen LogP contribution in [-0.4, -0.2) is 28.1 Å². The fourth-order valence-corrected chi connectivity index (χ4v) is 1.31. The second-order valence-corrected chi connectivity index (χ2v) is 3.14. The Kier molecular flexibility index (Phi) is 3.16. The van der Waals surface area contributed by atoms with Crippen molar-refractivity contribution in [2.45, 2.75) is 0 Å². The Hall–Kier alpha value is -1.88. The highest BCUT2D eigenvalue weighted by Crippen LogP contribution is 2.15. The third kappa shape index (κ3) is 2.20. The van der Waals surface area contributed by atoms with E-state index in [1.807, 2.05) is 0 Å². The van der Waals surface area contributed by atoms with Crippen molar-refractivity contribution in [3.8, 4) is 11.4 Å². The zero-order valence-electron chi connectivity index (χ0n) is 8.51. The molecule has 0 fully saturated rings. The smallest absolute Gasteiger partial charge is 0.157 e. The molecule has 0 aliphatic carbocycles. The second-order valence-electron chi connectivity index (χ2n) is 3.14. The first-order valence-corrected chi connectivity index (χ1v) is 4.84. The van der Waals surface area contributed by atoms with Crippen molar-refractivity contribution in [2.24, 2.45) is 0 Å². The molecule has 84 valence electrons. The van der Waals surface area contributed by atoms with E-state index in [1.165, 1.54) is 16.9 Å². The molecule has 0 amide bonds. The van der Waals surface area contributed by atoms with Gasteiger partial charge in [-0.05, 0) is 12.1 Å². The fourth-order valence-electron chi connectivity index (χ4n) is 1.31. The molecule has 0 radical (unpaired) electrons. The number of hydrogen-bond donors (Lipinski definition) is 1. The minimum atomic E-state index is -0.348. The van der Waals surface area contributed by atoms with Crippen LogP contribution < -0.4 is 4.74 Å². The monoisotopic (exact) mass is 222 g/mol. The number of nitrogens with zero attached hydrogens (tertiary/aromatic N) is 2. The van der Waals surface area contributed by atoms with Crippen molar-refractivity contribution >= 4 is 0 Å². The lowest BCUT2D eigenvalue weighted by molar-refractivity contribution is 0.201. The predicted molar refractivity (Wildman–Crippen MR) is 56.1 cm³/mol. The van der Waals surface area contributed by atoms with Crippen molar-refractivity contribution in [1.29, 1.82) is 0 Å². The molecule has 0 unspecified atom stereocenters. The molecule has 2 aromatic rings. The summed E-state index contributed by atoms with van der Waals surface area (Å²) in [4.78, 5) is 0. The Morgan fingerprint density at radius 1 is 1.38 bits per heavy atom. The van der Waals surface area contributed by atoms with Gasteiger partial charge in [-0.1, -0.05) is 12.1 Å². The lowest BCUT2D eigenvalue weighted by atomic mass is 10.3. The highest BCUT2D eigenvalue weighted by atomic mass is 19.1. The lowest BCUT2D eigenvalue weighted by Gasteiger charge is -2.01. The fraction of sp³-hybridized carbons (Fsp3) is 0.182. The molecule has 5 heteroatoms. The number of para-hydroxylation sites is 1. The number of hydrogen-bond acceptors (Lipinski definition) is 3. The van der Waals surface area contributed by atoms with Crippen LogP contribution in [0.3, 0.4) is 0 Å². The van der Waals surface area contributed by atoms with Crippen molar-refractivity contribution < 1.29 is 14.2 Å². The van der Waals surface area contributed by atoms with E-state index < -0.39 is 0 Å². The minimum Gasteiger partial charge on any atom is -0.488 e. The highest BCUT2D eigenvalue weighted by Gasteiger charge is 2.05. The van der Waals surface area contributed by atoms with E-state index in [9.17, 15) is 4.39 Å². The maximum absolute atomic E-state index is 13.4. The molecule has 0 aliphatic rings. The van der Waals surface area contributed by atoms with Crippen LogP contribution >= 0.6 is 0 Å². The predicted octanol–water partition coefficient (Wildman–Crippen LogP) is 1.38. The number of aromatic nitrogens is 2. The summed E-state index contributed by atoms with van der Waals surface area (Å²) in [5.41, 5.74) is 0.362. The quantitative estimate of drug-likeness (QED) is 0.850. The molecule has 1 aromatic carbocycles. The maximum atomic E-state index is 13.4. The Balaban J connectivity index is 2.22. The molecule has 16 heavy (non-hydrogen) atoms. The first kappa shape index (κ1) is 10.6. The van der Waals surface area contributed by atoms with Crippen LogP contribution in [0.25, 0.3) is 5.69 Å². The molecule has 0 bridgehead atoms. The van der Waals surface area contributed by atoms with E-state index >= 15 is 0 Å². The topological polar surface area (TPSA) is 47.3 Å². The lowest BCUT2D eigenvalue weighted by Crippen LogP contribution is -2.01. The highest BCUT2D eigenvalue weighted by molar-refractivity contribution is 5.33. The van der Waals surface area contributed by atoms with Gasteiger partial charge >= 0.3 is 0 Å². The molecule has 1 aromatic heterocycles. The number of benzene rings is 1. The molecule has 0 saturated heterocycles. The number of halogens is 1. The van der Waals surface area contributed by atoms with Gasteiger partial charge in [-0.15, -0.1) is 0 Å². The Morgan fingerprint density at radius 3 is 2.94 bits per heavy atom. The van der Waals surface area contributed by atoms with Gasteiger partial charge in [-0.3, -0.25) is 0 Å². The minimum absolute atomic E-state index is 0.0646.